The van der Waals surface area contributed by atoms with Crippen molar-refractivity contribution in [2.24, 2.45) is 12.0 Å². The van der Waals surface area contributed by atoms with Gasteiger partial charge in [-0.2, -0.15) is 4.99 Å². The van der Waals surface area contributed by atoms with Crippen molar-refractivity contribution >= 4 is 59.7 Å². The van der Waals surface area contributed by atoms with Gasteiger partial charge in [-0.1, -0.05) is 53.3 Å². The van der Waals surface area contributed by atoms with E-state index in [1.165, 1.54) is 23.5 Å². The number of carbonyl (C=O) groups excluding carboxylic acids is 1. The van der Waals surface area contributed by atoms with E-state index in [9.17, 15) is 13.2 Å². The molecular weight excluding hydrogens is 440 g/mol. The van der Waals surface area contributed by atoms with Crippen molar-refractivity contribution < 1.29 is 13.2 Å². The van der Waals surface area contributed by atoms with Gasteiger partial charge in [-0.15, -0.1) is 0 Å². The number of benzene rings is 3. The Kier molecular flexibility index (Phi) is 5.77. The van der Waals surface area contributed by atoms with Gasteiger partial charge in [0.2, 0.25) is 5.91 Å². The summed E-state index contributed by atoms with van der Waals surface area (Å²) in [4.78, 5) is 17.4. The number of sulfone groups is 1. The maximum atomic E-state index is 12.4. The van der Waals surface area contributed by atoms with Crippen LogP contribution in [0.25, 0.3) is 21.0 Å². The third-order valence-corrected chi connectivity index (χ3v) is 8.05. The number of halogens is 1. The van der Waals surface area contributed by atoms with Crippen molar-refractivity contribution in [2.45, 2.75) is 17.7 Å². The van der Waals surface area contributed by atoms with Crippen LogP contribution in [0.15, 0.2) is 70.6 Å². The fourth-order valence-corrected chi connectivity index (χ4v) is 5.85. The highest BCUT2D eigenvalue weighted by molar-refractivity contribution is 7.91. The van der Waals surface area contributed by atoms with Gasteiger partial charge >= 0.3 is 0 Å². The van der Waals surface area contributed by atoms with Gasteiger partial charge in [0.15, 0.2) is 14.6 Å². The predicted octanol–water partition coefficient (Wildman–Crippen LogP) is 4.73. The van der Waals surface area contributed by atoms with Crippen LogP contribution in [0.4, 0.5) is 0 Å². The van der Waals surface area contributed by atoms with E-state index in [0.29, 0.717) is 9.82 Å². The molecule has 0 spiro atoms. The molecule has 0 bridgehead atoms. The van der Waals surface area contributed by atoms with E-state index in [1.807, 2.05) is 29.8 Å². The number of rotatable bonds is 5. The predicted molar refractivity (Wildman–Crippen MR) is 122 cm³/mol. The number of hydrogen-bond acceptors (Lipinski definition) is 4. The molecule has 4 rings (SSSR count). The Morgan fingerprint density at radius 1 is 1.07 bits per heavy atom. The number of fused-ring (bicyclic) bond motifs is 3. The lowest BCUT2D eigenvalue weighted by atomic mass is 10.1. The molecule has 0 unspecified atom stereocenters. The number of amides is 1. The maximum Gasteiger partial charge on any atom is 0.248 e. The van der Waals surface area contributed by atoms with Gasteiger partial charge in [0.25, 0.3) is 0 Å². The standard InChI is InChI=1S/C22H19ClN2O3S2/c1-25-21-18-6-3-2-5-15(18)8-13-19(21)29-22(25)24-20(26)7-4-14-30(27,28)17-11-9-16(23)10-12-17/h2-3,5-6,8-13H,4,7,14H2,1H3. The van der Waals surface area contributed by atoms with E-state index < -0.39 is 9.84 Å². The number of nitrogens with zero attached hydrogens (tertiary/aromatic N) is 2. The molecule has 154 valence electrons. The SMILES string of the molecule is Cn1c(=NC(=O)CCCS(=O)(=O)c2ccc(Cl)cc2)sc2ccc3ccccc3c21. The van der Waals surface area contributed by atoms with Crippen LogP contribution in [0.3, 0.4) is 0 Å². The zero-order valence-corrected chi connectivity index (χ0v) is 18.6. The summed E-state index contributed by atoms with van der Waals surface area (Å²) in [6.07, 6.45) is 0.284. The van der Waals surface area contributed by atoms with Gasteiger partial charge in [-0.25, -0.2) is 8.42 Å². The van der Waals surface area contributed by atoms with E-state index in [2.05, 4.69) is 23.2 Å². The van der Waals surface area contributed by atoms with Gasteiger partial charge in [0.05, 0.1) is 20.9 Å². The molecule has 0 saturated carbocycles. The summed E-state index contributed by atoms with van der Waals surface area (Å²) in [7, 11) is -1.56. The Labute approximate surface area is 183 Å². The highest BCUT2D eigenvalue weighted by atomic mass is 35.5. The second kappa shape index (κ2) is 8.34. The van der Waals surface area contributed by atoms with Gasteiger partial charge in [0, 0.05) is 23.9 Å². The third-order valence-electron chi connectivity index (χ3n) is 4.88. The first-order chi connectivity index (χ1) is 14.3. The molecule has 8 heteroatoms. The quantitative estimate of drug-likeness (QED) is 0.434. The van der Waals surface area contributed by atoms with Crippen LogP contribution < -0.4 is 4.80 Å². The van der Waals surface area contributed by atoms with Crippen molar-refractivity contribution in [1.29, 1.82) is 0 Å². The van der Waals surface area contributed by atoms with E-state index in [1.54, 1.807) is 12.1 Å². The lowest BCUT2D eigenvalue weighted by molar-refractivity contribution is -0.118. The summed E-state index contributed by atoms with van der Waals surface area (Å²) >= 11 is 7.25. The second-order valence-electron chi connectivity index (χ2n) is 6.96. The highest BCUT2D eigenvalue weighted by Gasteiger charge is 2.15. The molecule has 0 saturated heterocycles. The molecular formula is C22H19ClN2O3S2. The number of thiazole rings is 1. The number of hydrogen-bond donors (Lipinski definition) is 0. The second-order valence-corrected chi connectivity index (χ2v) is 10.5. The van der Waals surface area contributed by atoms with Gasteiger partial charge in [-0.3, -0.25) is 4.79 Å². The van der Waals surface area contributed by atoms with E-state index in [0.717, 1.165) is 21.0 Å². The summed E-state index contributed by atoms with van der Waals surface area (Å²) < 4.78 is 27.8. The van der Waals surface area contributed by atoms with E-state index in [4.69, 9.17) is 11.6 Å². The number of aromatic nitrogens is 1. The molecule has 1 aromatic heterocycles. The minimum absolute atomic E-state index is 0.0712. The fraction of sp³-hybridized carbons (Fsp3) is 0.182. The van der Waals surface area contributed by atoms with Crippen LogP contribution in [-0.2, 0) is 21.7 Å². The first kappa shape index (κ1) is 20.8. The topological polar surface area (TPSA) is 68.5 Å². The zero-order valence-electron chi connectivity index (χ0n) is 16.2. The normalized spacial score (nSPS) is 12.7. The summed E-state index contributed by atoms with van der Waals surface area (Å²) in [6.45, 7) is 0. The number of aryl methyl sites for hydroxylation is 1. The minimum atomic E-state index is -3.45. The molecule has 1 amide bonds. The van der Waals surface area contributed by atoms with Crippen LogP contribution >= 0.6 is 22.9 Å². The maximum absolute atomic E-state index is 12.4. The molecule has 1 heterocycles. The Hall–Kier alpha value is -2.48. The first-order valence-corrected chi connectivity index (χ1v) is 12.2. The minimum Gasteiger partial charge on any atom is -0.319 e. The van der Waals surface area contributed by atoms with Crippen molar-refractivity contribution in [2.75, 3.05) is 5.75 Å². The molecule has 0 radical (unpaired) electrons. The van der Waals surface area contributed by atoms with Crippen molar-refractivity contribution in [1.82, 2.24) is 4.57 Å². The Bertz CT molecular complexity index is 1420. The zero-order chi connectivity index (χ0) is 21.3. The molecule has 0 aliphatic rings. The lowest BCUT2D eigenvalue weighted by Crippen LogP contribution is -2.14. The van der Waals surface area contributed by atoms with Crippen molar-refractivity contribution in [3.63, 3.8) is 0 Å². The van der Waals surface area contributed by atoms with Crippen LogP contribution in [-0.4, -0.2) is 24.6 Å². The van der Waals surface area contributed by atoms with Crippen LogP contribution in [0.2, 0.25) is 5.02 Å². The molecule has 0 aliphatic carbocycles. The summed E-state index contributed by atoms with van der Waals surface area (Å²) in [5, 5.41) is 2.72. The van der Waals surface area contributed by atoms with Gasteiger partial charge in [-0.05, 0) is 42.1 Å². The largest absolute Gasteiger partial charge is 0.319 e. The molecule has 0 atom stereocenters. The number of carbonyl (C=O) groups is 1. The van der Waals surface area contributed by atoms with Crippen molar-refractivity contribution in [3.8, 4) is 0 Å². The Balaban J connectivity index is 1.52. The van der Waals surface area contributed by atoms with Crippen molar-refractivity contribution in [3.05, 3.63) is 70.5 Å². The average Bonchev–Trinajstić information content (AvgIpc) is 3.04. The molecule has 30 heavy (non-hydrogen) atoms. The van der Waals surface area contributed by atoms with Crippen LogP contribution in [0.5, 0.6) is 0 Å². The summed E-state index contributed by atoms with van der Waals surface area (Å²) in [6, 6.07) is 18.2. The lowest BCUT2D eigenvalue weighted by Gasteiger charge is -2.03. The molecule has 0 N–H and O–H groups in total. The van der Waals surface area contributed by atoms with Gasteiger partial charge < -0.3 is 4.57 Å². The molecule has 0 fully saturated rings. The van der Waals surface area contributed by atoms with Crippen LogP contribution in [0, 0.1) is 0 Å². The molecule has 0 aliphatic heterocycles. The van der Waals surface area contributed by atoms with E-state index in [-0.39, 0.29) is 29.4 Å². The fourth-order valence-electron chi connectivity index (χ4n) is 3.36. The average molecular weight is 459 g/mol. The molecule has 5 nitrogen and oxygen atoms in total. The Morgan fingerprint density at radius 2 is 1.80 bits per heavy atom. The summed E-state index contributed by atoms with van der Waals surface area (Å²) in [5.74, 6) is -0.438. The smallest absolute Gasteiger partial charge is 0.248 e. The Morgan fingerprint density at radius 3 is 2.57 bits per heavy atom. The summed E-state index contributed by atoms with van der Waals surface area (Å²) in [5.41, 5.74) is 1.04. The monoisotopic (exact) mass is 458 g/mol. The van der Waals surface area contributed by atoms with Crippen LogP contribution in [0.1, 0.15) is 12.8 Å². The molecule has 4 aromatic rings. The highest BCUT2D eigenvalue weighted by Crippen LogP contribution is 2.26. The van der Waals surface area contributed by atoms with Gasteiger partial charge in [0.1, 0.15) is 0 Å². The first-order valence-electron chi connectivity index (χ1n) is 9.38. The van der Waals surface area contributed by atoms with E-state index >= 15 is 0 Å². The third kappa shape index (κ3) is 4.19. The molecule has 3 aromatic carbocycles.